The van der Waals surface area contributed by atoms with Gasteiger partial charge in [0.25, 0.3) is 10.1 Å². The molecule has 0 aromatic heterocycles. The summed E-state index contributed by atoms with van der Waals surface area (Å²) in [5.41, 5.74) is 2.54. The minimum Gasteiger partial charge on any atom is -0.453 e. The predicted octanol–water partition coefficient (Wildman–Crippen LogP) is 5.90. The molecular formula is C22H20N6O6S. The van der Waals surface area contributed by atoms with Crippen LogP contribution in [0.3, 0.4) is 0 Å². The molecule has 0 atom stereocenters. The fraction of sp³-hybridized carbons (Fsp3) is 0.0909. The Morgan fingerprint density at radius 1 is 0.800 bits per heavy atom. The van der Waals surface area contributed by atoms with Crippen molar-refractivity contribution < 1.29 is 27.3 Å². The van der Waals surface area contributed by atoms with E-state index in [9.17, 15) is 18.0 Å². The van der Waals surface area contributed by atoms with Crippen molar-refractivity contribution in [1.82, 2.24) is 0 Å². The average Bonchev–Trinajstić information content (AvgIpc) is 2.82. The number of rotatable bonds is 7. The van der Waals surface area contributed by atoms with Crippen molar-refractivity contribution in [3.63, 3.8) is 0 Å². The summed E-state index contributed by atoms with van der Waals surface area (Å²) in [6, 6.07) is 16.6. The number of azo groups is 2. The number of hydrogen-bond acceptors (Lipinski definition) is 9. The highest BCUT2D eigenvalue weighted by Crippen LogP contribution is 2.31. The number of hydrogen-bond donors (Lipinski definition) is 3. The smallest absolute Gasteiger partial charge is 0.411 e. The van der Waals surface area contributed by atoms with Crippen LogP contribution in [0, 0.1) is 0 Å². The summed E-state index contributed by atoms with van der Waals surface area (Å²) < 4.78 is 35.7. The van der Waals surface area contributed by atoms with Gasteiger partial charge in [0.15, 0.2) is 0 Å². The molecule has 0 heterocycles. The predicted molar refractivity (Wildman–Crippen MR) is 128 cm³/mol. The summed E-state index contributed by atoms with van der Waals surface area (Å²) in [4.78, 5) is 22.7. The first-order valence-corrected chi connectivity index (χ1v) is 11.4. The maximum absolute atomic E-state index is 11.5. The Balaban J connectivity index is 1.72. The van der Waals surface area contributed by atoms with Crippen molar-refractivity contribution in [2.75, 3.05) is 17.7 Å². The third-order valence-electron chi connectivity index (χ3n) is 4.28. The summed E-state index contributed by atoms with van der Waals surface area (Å²) in [6.07, 6.45) is -0.652. The Morgan fingerprint density at radius 2 is 1.31 bits per heavy atom. The Kier molecular flexibility index (Phi) is 7.96. The fourth-order valence-corrected chi connectivity index (χ4v) is 3.14. The maximum Gasteiger partial charge on any atom is 0.411 e. The molecule has 0 fully saturated rings. The molecule has 0 spiro atoms. The number of nitrogens with zero attached hydrogens (tertiary/aromatic N) is 4. The summed E-state index contributed by atoms with van der Waals surface area (Å²) in [5, 5.41) is 21.5. The molecule has 0 bridgehead atoms. The van der Waals surface area contributed by atoms with Crippen molar-refractivity contribution in [1.29, 1.82) is 0 Å². The van der Waals surface area contributed by atoms with Gasteiger partial charge in [-0.25, -0.2) is 4.79 Å². The van der Waals surface area contributed by atoms with Crippen molar-refractivity contribution in [3.8, 4) is 0 Å². The van der Waals surface area contributed by atoms with Gasteiger partial charge in [-0.15, -0.1) is 5.11 Å². The van der Waals surface area contributed by atoms with Crippen LogP contribution in [0.4, 0.5) is 38.9 Å². The van der Waals surface area contributed by atoms with E-state index in [1.165, 1.54) is 44.4 Å². The van der Waals surface area contributed by atoms with Crippen LogP contribution in [0.2, 0.25) is 0 Å². The van der Waals surface area contributed by atoms with Crippen molar-refractivity contribution >= 4 is 56.2 Å². The summed E-state index contributed by atoms with van der Waals surface area (Å²) in [6.45, 7) is 1.34. The molecule has 0 unspecified atom stereocenters. The largest absolute Gasteiger partial charge is 0.453 e. The van der Waals surface area contributed by atoms with Crippen molar-refractivity contribution in [2.45, 2.75) is 11.8 Å². The Labute approximate surface area is 200 Å². The van der Waals surface area contributed by atoms with Crippen molar-refractivity contribution in [3.05, 3.63) is 66.7 Å². The van der Waals surface area contributed by atoms with Gasteiger partial charge in [0.1, 0.15) is 5.69 Å². The van der Waals surface area contributed by atoms with E-state index >= 15 is 0 Å². The lowest BCUT2D eigenvalue weighted by atomic mass is 10.2. The quantitative estimate of drug-likeness (QED) is 0.271. The molecule has 3 aromatic rings. The molecule has 3 rings (SSSR count). The van der Waals surface area contributed by atoms with Crippen LogP contribution in [0.25, 0.3) is 0 Å². The molecule has 180 valence electrons. The molecule has 13 heteroatoms. The Morgan fingerprint density at radius 3 is 1.80 bits per heavy atom. The Bertz CT molecular complexity index is 1390. The zero-order valence-corrected chi connectivity index (χ0v) is 19.4. The van der Waals surface area contributed by atoms with Crippen LogP contribution >= 0.6 is 0 Å². The molecule has 35 heavy (non-hydrogen) atoms. The molecule has 0 aliphatic rings. The monoisotopic (exact) mass is 496 g/mol. The molecule has 0 saturated carbocycles. The highest BCUT2D eigenvalue weighted by atomic mass is 32.2. The van der Waals surface area contributed by atoms with Gasteiger partial charge in [-0.05, 0) is 66.7 Å². The summed E-state index contributed by atoms with van der Waals surface area (Å²) in [5.74, 6) is -0.320. The minimum atomic E-state index is -4.27. The lowest BCUT2D eigenvalue weighted by molar-refractivity contribution is -0.114. The minimum absolute atomic E-state index is 0.234. The zero-order chi connectivity index (χ0) is 25.4. The van der Waals surface area contributed by atoms with E-state index in [-0.39, 0.29) is 10.8 Å². The topological polar surface area (TPSA) is 171 Å². The van der Waals surface area contributed by atoms with Crippen LogP contribution in [-0.2, 0) is 19.6 Å². The van der Waals surface area contributed by atoms with Gasteiger partial charge >= 0.3 is 6.09 Å². The van der Waals surface area contributed by atoms with E-state index in [1.54, 1.807) is 36.4 Å². The number of ether oxygens (including phenoxy) is 1. The van der Waals surface area contributed by atoms with E-state index in [0.717, 1.165) is 0 Å². The average molecular weight is 497 g/mol. The normalized spacial score (nSPS) is 11.5. The molecule has 2 amide bonds. The van der Waals surface area contributed by atoms with Crippen LogP contribution in [0.1, 0.15) is 6.92 Å². The highest BCUT2D eigenvalue weighted by Gasteiger charge is 2.09. The number of amides is 2. The first-order chi connectivity index (χ1) is 16.6. The van der Waals surface area contributed by atoms with E-state index < -0.39 is 16.2 Å². The van der Waals surface area contributed by atoms with Crippen LogP contribution in [-0.4, -0.2) is 32.1 Å². The summed E-state index contributed by atoms with van der Waals surface area (Å²) in [7, 11) is -3.03. The van der Waals surface area contributed by atoms with Crippen LogP contribution < -0.4 is 10.6 Å². The van der Waals surface area contributed by atoms with Gasteiger partial charge in [0.05, 0.1) is 34.8 Å². The molecule has 3 aromatic carbocycles. The van der Waals surface area contributed by atoms with Gasteiger partial charge in [0.2, 0.25) is 5.91 Å². The third kappa shape index (κ3) is 7.52. The van der Waals surface area contributed by atoms with E-state index in [2.05, 4.69) is 35.8 Å². The van der Waals surface area contributed by atoms with Crippen LogP contribution in [0.15, 0.2) is 92.1 Å². The molecule has 0 radical (unpaired) electrons. The van der Waals surface area contributed by atoms with Gasteiger partial charge in [-0.3, -0.25) is 14.7 Å². The number of carbonyl (C=O) groups excluding carboxylic acids is 2. The number of anilines is 2. The highest BCUT2D eigenvalue weighted by molar-refractivity contribution is 7.85. The molecular weight excluding hydrogens is 476 g/mol. The lowest BCUT2D eigenvalue weighted by Gasteiger charge is -2.09. The van der Waals surface area contributed by atoms with Gasteiger partial charge in [-0.2, -0.15) is 23.8 Å². The SMILES string of the molecule is COC(=O)Nc1ccc(N=Nc2ccc(N=Nc3ccc(S(=O)(=O)O)cc3)cc2)c(NC(C)=O)c1. The van der Waals surface area contributed by atoms with Gasteiger partial charge in [-0.1, -0.05) is 0 Å². The molecule has 0 aliphatic heterocycles. The zero-order valence-electron chi connectivity index (χ0n) is 18.5. The number of carbonyl (C=O) groups is 2. The maximum atomic E-state index is 11.5. The van der Waals surface area contributed by atoms with E-state index in [4.69, 9.17) is 4.55 Å². The standard InChI is InChI=1S/C22H20N6O6S/c1-14(29)23-21-13-18(24-22(30)34-2)9-12-20(21)28-27-16-5-3-15(4-6-16)25-26-17-7-10-19(11-8-17)35(31,32)33/h3-13H,1-2H3,(H,23,29)(H,24,30)(H,31,32,33). The lowest BCUT2D eigenvalue weighted by Crippen LogP contribution is -2.12. The second kappa shape index (κ2) is 11.1. The first-order valence-electron chi connectivity index (χ1n) is 9.92. The molecule has 0 aliphatic carbocycles. The number of nitrogens with one attached hydrogen (secondary N) is 2. The van der Waals surface area contributed by atoms with E-state index in [1.807, 2.05) is 0 Å². The number of methoxy groups -OCH3 is 1. The Hall–Kier alpha value is -4.49. The van der Waals surface area contributed by atoms with Crippen molar-refractivity contribution in [2.24, 2.45) is 20.5 Å². The number of benzene rings is 3. The van der Waals surface area contributed by atoms with E-state index in [0.29, 0.717) is 34.1 Å². The van der Waals surface area contributed by atoms with Crippen LogP contribution in [0.5, 0.6) is 0 Å². The second-order valence-corrected chi connectivity index (χ2v) is 8.34. The first kappa shape index (κ1) is 25.1. The van der Waals surface area contributed by atoms with Gasteiger partial charge < -0.3 is 10.1 Å². The molecule has 12 nitrogen and oxygen atoms in total. The fourth-order valence-electron chi connectivity index (χ4n) is 2.66. The summed E-state index contributed by atoms with van der Waals surface area (Å²) >= 11 is 0. The molecule has 3 N–H and O–H groups in total. The molecule has 0 saturated heterocycles. The second-order valence-electron chi connectivity index (χ2n) is 6.92. The third-order valence-corrected chi connectivity index (χ3v) is 5.15. The van der Waals surface area contributed by atoms with Gasteiger partial charge in [0, 0.05) is 12.6 Å².